The van der Waals surface area contributed by atoms with Gasteiger partial charge in [0.25, 0.3) is 0 Å². The number of ether oxygens (including phenoxy) is 1. The summed E-state index contributed by atoms with van der Waals surface area (Å²) < 4.78 is 5.32. The minimum absolute atomic E-state index is 0.000471. The Bertz CT molecular complexity index is 522. The molecule has 1 rings (SSSR count). The highest BCUT2D eigenvalue weighted by molar-refractivity contribution is 5.97. The highest BCUT2D eigenvalue weighted by Gasteiger charge is 2.15. The van der Waals surface area contributed by atoms with Gasteiger partial charge in [0.05, 0.1) is 27.7 Å². The number of quaternary nitrogens is 1. The Hall–Kier alpha value is -2.12. The van der Waals surface area contributed by atoms with Crippen molar-refractivity contribution < 1.29 is 9.53 Å². The second-order valence-electron chi connectivity index (χ2n) is 4.75. The summed E-state index contributed by atoms with van der Waals surface area (Å²) in [6, 6.07) is 9.63. The molecular weight excluding hydrogens is 240 g/mol. The van der Waals surface area contributed by atoms with Crippen LogP contribution in [0.4, 0.5) is 5.69 Å². The average molecular weight is 259 g/mol. The molecular formula is C15H19N2O2+. The Balaban J connectivity index is 3.04. The quantitative estimate of drug-likeness (QED) is 0.361. The van der Waals surface area contributed by atoms with Gasteiger partial charge >= 0.3 is 5.97 Å². The van der Waals surface area contributed by atoms with Crippen LogP contribution in [-0.4, -0.2) is 33.7 Å². The molecule has 0 amide bonds. The van der Waals surface area contributed by atoms with E-state index in [1.165, 1.54) is 18.9 Å². The highest BCUT2D eigenvalue weighted by atomic mass is 16.5. The van der Waals surface area contributed by atoms with Crippen LogP contribution in [0.2, 0.25) is 0 Å². The van der Waals surface area contributed by atoms with E-state index in [2.05, 4.69) is 25.8 Å². The van der Waals surface area contributed by atoms with E-state index in [0.717, 1.165) is 16.6 Å². The molecule has 19 heavy (non-hydrogen) atoms. The van der Waals surface area contributed by atoms with Gasteiger partial charge in [-0.1, -0.05) is 0 Å². The number of hydrogen-bond donors (Lipinski definition) is 0. The Morgan fingerprint density at radius 2 is 1.95 bits per heavy atom. The minimum Gasteiger partial charge on any atom is -0.465 e. The molecule has 1 aromatic rings. The second kappa shape index (κ2) is 6.17. The predicted octanol–water partition coefficient (Wildman–Crippen LogP) is 2.35. The van der Waals surface area contributed by atoms with Crippen molar-refractivity contribution in [2.75, 3.05) is 27.7 Å². The molecule has 0 N–H and O–H groups in total. The van der Waals surface area contributed by atoms with Gasteiger partial charge in [0.15, 0.2) is 0 Å². The zero-order valence-electron chi connectivity index (χ0n) is 11.8. The molecule has 0 bridgehead atoms. The molecule has 0 aromatic heterocycles. The van der Waals surface area contributed by atoms with Gasteiger partial charge in [-0.2, -0.15) is 5.26 Å². The lowest BCUT2D eigenvalue weighted by atomic mass is 10.1. The third-order valence-electron chi connectivity index (χ3n) is 3.22. The molecule has 0 spiro atoms. The number of carbonyl (C=O) groups excluding carboxylic acids is 1. The lowest BCUT2D eigenvalue weighted by Crippen LogP contribution is -2.39. The summed E-state index contributed by atoms with van der Waals surface area (Å²) in [6.45, 7) is 3.11. The lowest BCUT2D eigenvalue weighted by molar-refractivity contribution is -0.135. The van der Waals surface area contributed by atoms with Crippen LogP contribution in [0.25, 0.3) is 6.08 Å². The van der Waals surface area contributed by atoms with Crippen molar-refractivity contribution in [3.05, 3.63) is 35.4 Å². The largest absolute Gasteiger partial charge is 0.465 e. The summed E-state index contributed by atoms with van der Waals surface area (Å²) >= 11 is 0. The van der Waals surface area contributed by atoms with E-state index in [9.17, 15) is 4.79 Å². The number of methoxy groups -OCH3 is 1. The van der Waals surface area contributed by atoms with E-state index in [1.54, 1.807) is 0 Å². The average Bonchev–Trinajstić information content (AvgIpc) is 2.44. The zero-order chi connectivity index (χ0) is 14.5. The first-order valence-corrected chi connectivity index (χ1v) is 6.08. The van der Waals surface area contributed by atoms with E-state index in [0.29, 0.717) is 0 Å². The molecule has 0 atom stereocenters. The van der Waals surface area contributed by atoms with Gasteiger partial charge in [0.1, 0.15) is 17.3 Å². The molecule has 1 aromatic carbocycles. The van der Waals surface area contributed by atoms with E-state index in [4.69, 9.17) is 5.26 Å². The molecule has 0 aliphatic carbocycles. The molecule has 0 aliphatic heterocycles. The van der Waals surface area contributed by atoms with Crippen molar-refractivity contribution in [2.45, 2.75) is 6.92 Å². The summed E-state index contributed by atoms with van der Waals surface area (Å²) in [4.78, 5) is 11.3. The molecule has 0 aliphatic rings. The van der Waals surface area contributed by atoms with Crippen molar-refractivity contribution in [3.63, 3.8) is 0 Å². The molecule has 4 nitrogen and oxygen atoms in total. The van der Waals surface area contributed by atoms with Crippen LogP contribution in [0.1, 0.15) is 12.5 Å². The summed E-state index contributed by atoms with van der Waals surface area (Å²) in [5, 5.41) is 8.89. The molecule has 0 fully saturated rings. The fraction of sp³-hybridized carbons (Fsp3) is 0.333. The van der Waals surface area contributed by atoms with E-state index >= 15 is 0 Å². The predicted molar refractivity (Wildman–Crippen MR) is 76.2 cm³/mol. The molecule has 100 valence electrons. The van der Waals surface area contributed by atoms with Crippen molar-refractivity contribution in [2.24, 2.45) is 0 Å². The molecule has 0 saturated heterocycles. The standard InChI is InChI=1S/C15H19N2O2/c1-5-17(2,3)14-8-6-12(7-9-14)10-13(11-16)15(18)19-4/h6-10H,5H2,1-4H3/q+1/b13-10-. The Labute approximate surface area is 114 Å². The van der Waals surface area contributed by atoms with Gasteiger partial charge in [0, 0.05) is 0 Å². The van der Waals surface area contributed by atoms with Gasteiger partial charge < -0.3 is 4.74 Å². The van der Waals surface area contributed by atoms with Crippen LogP contribution in [0.3, 0.4) is 0 Å². The fourth-order valence-electron chi connectivity index (χ4n) is 1.57. The molecule has 0 radical (unpaired) electrons. The maximum atomic E-state index is 11.3. The highest BCUT2D eigenvalue weighted by Crippen LogP contribution is 2.20. The summed E-state index contributed by atoms with van der Waals surface area (Å²) in [7, 11) is 5.51. The Morgan fingerprint density at radius 3 is 2.37 bits per heavy atom. The molecule has 0 heterocycles. The number of nitriles is 1. The maximum Gasteiger partial charge on any atom is 0.348 e. The van der Waals surface area contributed by atoms with E-state index in [-0.39, 0.29) is 5.57 Å². The normalized spacial score (nSPS) is 11.8. The Kier molecular flexibility index (Phi) is 4.85. The van der Waals surface area contributed by atoms with E-state index < -0.39 is 5.97 Å². The third kappa shape index (κ3) is 3.67. The van der Waals surface area contributed by atoms with Gasteiger partial charge in [-0.25, -0.2) is 4.79 Å². The zero-order valence-corrected chi connectivity index (χ0v) is 11.8. The second-order valence-corrected chi connectivity index (χ2v) is 4.75. The van der Waals surface area contributed by atoms with Crippen molar-refractivity contribution in [1.82, 2.24) is 4.48 Å². The number of rotatable bonds is 4. The minimum atomic E-state index is -0.615. The maximum absolute atomic E-state index is 11.3. The summed E-state index contributed by atoms with van der Waals surface area (Å²) in [5.74, 6) is -0.615. The Morgan fingerprint density at radius 1 is 1.37 bits per heavy atom. The van der Waals surface area contributed by atoms with Crippen molar-refractivity contribution >= 4 is 17.7 Å². The third-order valence-corrected chi connectivity index (χ3v) is 3.22. The summed E-state index contributed by atoms with van der Waals surface area (Å²) in [5.41, 5.74) is 1.98. The van der Waals surface area contributed by atoms with Crippen LogP contribution in [0, 0.1) is 11.3 Å². The SMILES string of the molecule is CC[N+](C)(C)c1ccc(/C=C(/C#N)C(=O)OC)cc1. The topological polar surface area (TPSA) is 50.1 Å². The molecule has 0 unspecified atom stereocenters. The molecule has 0 saturated carbocycles. The smallest absolute Gasteiger partial charge is 0.348 e. The lowest BCUT2D eigenvalue weighted by Gasteiger charge is -2.27. The van der Waals surface area contributed by atoms with Gasteiger partial charge in [-0.05, 0) is 42.8 Å². The first kappa shape index (κ1) is 14.9. The van der Waals surface area contributed by atoms with Gasteiger partial charge in [0.2, 0.25) is 0 Å². The number of esters is 1. The van der Waals surface area contributed by atoms with Crippen molar-refractivity contribution in [3.8, 4) is 6.07 Å². The monoisotopic (exact) mass is 259 g/mol. The fourth-order valence-corrected chi connectivity index (χ4v) is 1.57. The van der Waals surface area contributed by atoms with Crippen LogP contribution >= 0.6 is 0 Å². The van der Waals surface area contributed by atoms with Crippen LogP contribution in [-0.2, 0) is 9.53 Å². The number of carbonyl (C=O) groups is 1. The van der Waals surface area contributed by atoms with E-state index in [1.807, 2.05) is 30.3 Å². The molecule has 4 heteroatoms. The van der Waals surface area contributed by atoms with Gasteiger partial charge in [-0.3, -0.25) is 4.48 Å². The van der Waals surface area contributed by atoms with Crippen LogP contribution in [0.15, 0.2) is 29.8 Å². The first-order chi connectivity index (χ1) is 8.94. The summed E-state index contributed by atoms with van der Waals surface area (Å²) in [6.07, 6.45) is 1.53. The number of benzene rings is 1. The van der Waals surface area contributed by atoms with Gasteiger partial charge in [-0.15, -0.1) is 0 Å². The number of hydrogen-bond acceptors (Lipinski definition) is 3. The van der Waals surface area contributed by atoms with Crippen molar-refractivity contribution in [1.29, 1.82) is 5.26 Å². The first-order valence-electron chi connectivity index (χ1n) is 6.08. The van der Waals surface area contributed by atoms with Crippen LogP contribution in [0.5, 0.6) is 0 Å². The number of nitrogens with zero attached hydrogens (tertiary/aromatic N) is 2. The van der Waals surface area contributed by atoms with Crippen LogP contribution < -0.4 is 4.48 Å².